The minimum absolute atomic E-state index is 0.754. The van der Waals surface area contributed by atoms with Crippen LogP contribution in [0.2, 0.25) is 0 Å². The molecule has 2 unspecified atom stereocenters. The maximum absolute atomic E-state index is 5.58. The fraction of sp³-hybridized carbons (Fsp3) is 1.00. The molecule has 0 saturated carbocycles. The van der Waals surface area contributed by atoms with E-state index >= 15 is 0 Å². The second-order valence-electron chi connectivity index (χ2n) is 5.34. The molecule has 2 heterocycles. The average molecular weight is 212 g/mol. The first-order chi connectivity index (χ1) is 7.29. The molecule has 0 aromatic heterocycles. The standard InChI is InChI=1S/C13H24O2/c1-10-8-15-9-13(10)11(2)12-4-3-6-14-7-5-12/h10-13H,3-9H2,1-2H3/t10-,11+,12?,13?/m1/s1. The van der Waals surface area contributed by atoms with Crippen molar-refractivity contribution in [1.29, 1.82) is 0 Å². The van der Waals surface area contributed by atoms with Crippen LogP contribution in [0.15, 0.2) is 0 Å². The molecule has 0 N–H and O–H groups in total. The van der Waals surface area contributed by atoms with Crippen molar-refractivity contribution in [2.24, 2.45) is 23.7 Å². The zero-order valence-electron chi connectivity index (χ0n) is 10.1. The molecule has 2 heteroatoms. The van der Waals surface area contributed by atoms with Gasteiger partial charge in [0.2, 0.25) is 0 Å². The van der Waals surface area contributed by atoms with Gasteiger partial charge in [0.15, 0.2) is 0 Å². The molecule has 0 radical (unpaired) electrons. The molecule has 0 amide bonds. The van der Waals surface area contributed by atoms with Crippen LogP contribution in [0.3, 0.4) is 0 Å². The summed E-state index contributed by atoms with van der Waals surface area (Å²) in [6.45, 7) is 8.65. The van der Waals surface area contributed by atoms with Gasteiger partial charge in [-0.05, 0) is 42.9 Å². The smallest absolute Gasteiger partial charge is 0.0500 e. The van der Waals surface area contributed by atoms with Crippen LogP contribution in [0.25, 0.3) is 0 Å². The number of hydrogen-bond donors (Lipinski definition) is 0. The van der Waals surface area contributed by atoms with Crippen LogP contribution in [0.4, 0.5) is 0 Å². The quantitative estimate of drug-likeness (QED) is 0.700. The molecule has 2 aliphatic rings. The topological polar surface area (TPSA) is 18.5 Å². The van der Waals surface area contributed by atoms with Gasteiger partial charge in [0.1, 0.15) is 0 Å². The minimum Gasteiger partial charge on any atom is -0.381 e. The van der Waals surface area contributed by atoms with E-state index < -0.39 is 0 Å². The van der Waals surface area contributed by atoms with Crippen LogP contribution < -0.4 is 0 Å². The average Bonchev–Trinajstić information content (AvgIpc) is 2.53. The minimum atomic E-state index is 0.754. The van der Waals surface area contributed by atoms with Crippen molar-refractivity contribution < 1.29 is 9.47 Å². The van der Waals surface area contributed by atoms with Gasteiger partial charge < -0.3 is 9.47 Å². The summed E-state index contributed by atoms with van der Waals surface area (Å²) >= 11 is 0. The third-order valence-electron chi connectivity index (χ3n) is 4.34. The first-order valence-electron chi connectivity index (χ1n) is 6.44. The highest BCUT2D eigenvalue weighted by Gasteiger charge is 2.33. The highest BCUT2D eigenvalue weighted by atomic mass is 16.5. The highest BCUT2D eigenvalue weighted by Crippen LogP contribution is 2.36. The maximum Gasteiger partial charge on any atom is 0.0500 e. The molecule has 2 fully saturated rings. The zero-order valence-corrected chi connectivity index (χ0v) is 10.1. The highest BCUT2D eigenvalue weighted by molar-refractivity contribution is 4.81. The largest absolute Gasteiger partial charge is 0.381 e. The Morgan fingerprint density at radius 3 is 2.67 bits per heavy atom. The van der Waals surface area contributed by atoms with Gasteiger partial charge in [-0.25, -0.2) is 0 Å². The van der Waals surface area contributed by atoms with Crippen LogP contribution in [0, 0.1) is 23.7 Å². The monoisotopic (exact) mass is 212 g/mol. The van der Waals surface area contributed by atoms with E-state index in [9.17, 15) is 0 Å². The second-order valence-corrected chi connectivity index (χ2v) is 5.34. The molecular formula is C13H24O2. The Balaban J connectivity index is 1.90. The Labute approximate surface area is 93.3 Å². The van der Waals surface area contributed by atoms with E-state index in [4.69, 9.17) is 9.47 Å². The summed E-state index contributed by atoms with van der Waals surface area (Å²) < 4.78 is 11.1. The summed E-state index contributed by atoms with van der Waals surface area (Å²) in [7, 11) is 0. The predicted octanol–water partition coefficient (Wildman–Crippen LogP) is 2.72. The summed E-state index contributed by atoms with van der Waals surface area (Å²) in [6, 6.07) is 0. The van der Waals surface area contributed by atoms with Gasteiger partial charge >= 0.3 is 0 Å². The van der Waals surface area contributed by atoms with Gasteiger partial charge in [0.25, 0.3) is 0 Å². The fourth-order valence-corrected chi connectivity index (χ4v) is 3.15. The molecule has 2 rings (SSSR count). The first kappa shape index (κ1) is 11.4. The molecule has 2 saturated heterocycles. The third kappa shape index (κ3) is 2.73. The Kier molecular flexibility index (Phi) is 4.04. The van der Waals surface area contributed by atoms with Crippen LogP contribution in [-0.4, -0.2) is 26.4 Å². The lowest BCUT2D eigenvalue weighted by atomic mass is 9.75. The van der Waals surface area contributed by atoms with Gasteiger partial charge in [0, 0.05) is 26.4 Å². The molecule has 0 aliphatic carbocycles. The molecule has 15 heavy (non-hydrogen) atoms. The predicted molar refractivity (Wildman–Crippen MR) is 60.8 cm³/mol. The number of ether oxygens (including phenoxy) is 2. The Morgan fingerprint density at radius 2 is 1.93 bits per heavy atom. The maximum atomic E-state index is 5.58. The second kappa shape index (κ2) is 5.31. The van der Waals surface area contributed by atoms with Gasteiger partial charge in [-0.1, -0.05) is 13.8 Å². The molecule has 0 spiro atoms. The van der Waals surface area contributed by atoms with Crippen molar-refractivity contribution in [1.82, 2.24) is 0 Å². The zero-order chi connectivity index (χ0) is 10.7. The van der Waals surface area contributed by atoms with E-state index in [1.807, 2.05) is 0 Å². The van der Waals surface area contributed by atoms with Crippen molar-refractivity contribution in [3.8, 4) is 0 Å². The van der Waals surface area contributed by atoms with Crippen LogP contribution >= 0.6 is 0 Å². The van der Waals surface area contributed by atoms with Gasteiger partial charge in [0.05, 0.1) is 0 Å². The van der Waals surface area contributed by atoms with E-state index in [-0.39, 0.29) is 0 Å². The lowest BCUT2D eigenvalue weighted by Crippen LogP contribution is -2.25. The summed E-state index contributed by atoms with van der Waals surface area (Å²) in [5.41, 5.74) is 0. The summed E-state index contributed by atoms with van der Waals surface area (Å²) in [6.07, 6.45) is 3.85. The van der Waals surface area contributed by atoms with Crippen LogP contribution in [0.5, 0.6) is 0 Å². The molecule has 0 bridgehead atoms. The van der Waals surface area contributed by atoms with Crippen molar-refractivity contribution in [3.05, 3.63) is 0 Å². The van der Waals surface area contributed by atoms with Crippen LogP contribution in [-0.2, 0) is 9.47 Å². The SMILES string of the molecule is C[C@@H](C1CCCOCC1)C1COC[C@H]1C. The van der Waals surface area contributed by atoms with Gasteiger partial charge in [-0.3, -0.25) is 0 Å². The van der Waals surface area contributed by atoms with E-state index in [0.717, 1.165) is 50.1 Å². The van der Waals surface area contributed by atoms with Crippen molar-refractivity contribution in [2.45, 2.75) is 33.1 Å². The molecular weight excluding hydrogens is 188 g/mol. The summed E-state index contributed by atoms with van der Waals surface area (Å²) in [5.74, 6) is 3.21. The molecule has 88 valence electrons. The summed E-state index contributed by atoms with van der Waals surface area (Å²) in [4.78, 5) is 0. The fourth-order valence-electron chi connectivity index (χ4n) is 3.15. The van der Waals surface area contributed by atoms with Crippen molar-refractivity contribution in [3.63, 3.8) is 0 Å². The van der Waals surface area contributed by atoms with E-state index in [1.54, 1.807) is 0 Å². The Bertz CT molecular complexity index is 185. The lowest BCUT2D eigenvalue weighted by molar-refractivity contribution is 0.127. The molecule has 2 aliphatic heterocycles. The summed E-state index contributed by atoms with van der Waals surface area (Å²) in [5, 5.41) is 0. The number of hydrogen-bond acceptors (Lipinski definition) is 2. The van der Waals surface area contributed by atoms with E-state index in [0.29, 0.717) is 0 Å². The molecule has 0 aromatic carbocycles. The van der Waals surface area contributed by atoms with Gasteiger partial charge in [-0.15, -0.1) is 0 Å². The number of rotatable bonds is 2. The lowest BCUT2D eigenvalue weighted by Gasteiger charge is -2.29. The Hall–Kier alpha value is -0.0800. The molecule has 0 aromatic rings. The van der Waals surface area contributed by atoms with E-state index in [1.165, 1.54) is 19.3 Å². The van der Waals surface area contributed by atoms with Crippen LogP contribution in [0.1, 0.15) is 33.1 Å². The normalized spacial score (nSPS) is 40.0. The molecule has 4 atom stereocenters. The third-order valence-corrected chi connectivity index (χ3v) is 4.34. The van der Waals surface area contributed by atoms with Crippen molar-refractivity contribution in [2.75, 3.05) is 26.4 Å². The van der Waals surface area contributed by atoms with Gasteiger partial charge in [-0.2, -0.15) is 0 Å². The Morgan fingerprint density at radius 1 is 1.07 bits per heavy atom. The van der Waals surface area contributed by atoms with E-state index in [2.05, 4.69) is 13.8 Å². The molecule has 2 nitrogen and oxygen atoms in total. The first-order valence-corrected chi connectivity index (χ1v) is 6.44. The van der Waals surface area contributed by atoms with Crippen molar-refractivity contribution >= 4 is 0 Å².